The zero-order valence-electron chi connectivity index (χ0n) is 17.7. The van der Waals surface area contributed by atoms with Gasteiger partial charge in [0.05, 0.1) is 12.0 Å². The molecule has 2 heterocycles. The van der Waals surface area contributed by atoms with Crippen molar-refractivity contribution in [1.29, 1.82) is 0 Å². The van der Waals surface area contributed by atoms with Gasteiger partial charge in [0.1, 0.15) is 40.3 Å². The van der Waals surface area contributed by atoms with Crippen molar-refractivity contribution >= 4 is 11.9 Å². The second-order valence-electron chi connectivity index (χ2n) is 8.62. The first kappa shape index (κ1) is 20.1. The van der Waals surface area contributed by atoms with Gasteiger partial charge in [-0.05, 0) is 64.0 Å². The van der Waals surface area contributed by atoms with Crippen molar-refractivity contribution in [3.05, 3.63) is 64.2 Å². The number of ether oxygens (including phenoxy) is 2. The normalized spacial score (nSPS) is 18.7. The number of phenols is 2. The van der Waals surface area contributed by atoms with E-state index in [1.54, 1.807) is 24.3 Å². The Morgan fingerprint density at radius 3 is 2.53 bits per heavy atom. The van der Waals surface area contributed by atoms with E-state index in [0.29, 0.717) is 29.0 Å². The van der Waals surface area contributed by atoms with Crippen molar-refractivity contribution in [2.24, 2.45) is 0 Å². The Morgan fingerprint density at radius 2 is 1.87 bits per heavy atom. The molecule has 2 aromatic carbocycles. The molecule has 0 radical (unpaired) electrons. The van der Waals surface area contributed by atoms with E-state index in [2.05, 4.69) is 0 Å². The summed E-state index contributed by atoms with van der Waals surface area (Å²) in [6, 6.07) is 6.62. The van der Waals surface area contributed by atoms with E-state index < -0.39 is 11.7 Å². The van der Waals surface area contributed by atoms with Crippen LogP contribution in [0.2, 0.25) is 0 Å². The van der Waals surface area contributed by atoms with E-state index in [9.17, 15) is 15.0 Å². The molecule has 156 valence electrons. The largest absolute Gasteiger partial charge is 0.508 e. The molecule has 0 saturated carbocycles. The number of Topliss-reactive ketones (excluding diaryl/α,β-unsaturated/α-hetero) is 1. The summed E-state index contributed by atoms with van der Waals surface area (Å²) < 4.78 is 12.5. The molecule has 0 spiro atoms. The molecule has 2 N–H and O–H groups in total. The van der Waals surface area contributed by atoms with Crippen LogP contribution >= 0.6 is 0 Å². The molecule has 2 aromatic rings. The first-order valence-corrected chi connectivity index (χ1v) is 10.1. The quantitative estimate of drug-likeness (QED) is 0.659. The number of ketones is 1. The second-order valence-corrected chi connectivity index (χ2v) is 8.62. The molecule has 5 heteroatoms. The third-order valence-electron chi connectivity index (χ3n) is 5.42. The van der Waals surface area contributed by atoms with Gasteiger partial charge in [-0.15, -0.1) is 0 Å². The summed E-state index contributed by atoms with van der Waals surface area (Å²) in [4.78, 5) is 13.1. The molecule has 0 saturated heterocycles. The zero-order valence-corrected chi connectivity index (χ0v) is 17.7. The molecule has 2 aliphatic rings. The minimum absolute atomic E-state index is 0.0680. The van der Waals surface area contributed by atoms with Crippen LogP contribution in [0.5, 0.6) is 23.0 Å². The number of benzene rings is 2. The van der Waals surface area contributed by atoms with Crippen molar-refractivity contribution in [3.8, 4) is 23.0 Å². The SMILES string of the molecule is CC(C)=CCc1c(O)c2c(c3c1OC(C)(C)C=C3)O[C@@H](c1ccc(O)cc1)CC2=O. The minimum atomic E-state index is -0.539. The second kappa shape index (κ2) is 7.24. The number of fused-ring (bicyclic) bond motifs is 3. The maximum absolute atomic E-state index is 13.1. The highest BCUT2D eigenvalue weighted by Gasteiger charge is 2.38. The van der Waals surface area contributed by atoms with Gasteiger partial charge < -0.3 is 19.7 Å². The molecule has 0 amide bonds. The minimum Gasteiger partial charge on any atom is -0.508 e. The number of carbonyl (C=O) groups is 1. The fourth-order valence-electron chi connectivity index (χ4n) is 3.82. The van der Waals surface area contributed by atoms with E-state index in [1.165, 1.54) is 0 Å². The molecular formula is C25H26O5. The monoisotopic (exact) mass is 406 g/mol. The fraction of sp³-hybridized carbons (Fsp3) is 0.320. The van der Waals surface area contributed by atoms with Crippen LogP contribution in [0.25, 0.3) is 6.08 Å². The molecule has 0 fully saturated rings. The van der Waals surface area contributed by atoms with Crippen LogP contribution in [-0.4, -0.2) is 21.6 Å². The standard InChI is InChI=1S/C25H26O5/c1-14(2)5-10-17-22(28)21-19(27)13-20(15-6-8-16(26)9-7-15)29-24(21)18-11-12-25(3,4)30-23(17)18/h5-9,11-12,20,26,28H,10,13H2,1-4H3/t20-/m1/s1. The van der Waals surface area contributed by atoms with E-state index >= 15 is 0 Å². The van der Waals surface area contributed by atoms with Gasteiger partial charge in [0.25, 0.3) is 0 Å². The number of carbonyl (C=O) groups excluding carboxylic acids is 1. The van der Waals surface area contributed by atoms with Gasteiger partial charge in [0, 0.05) is 5.56 Å². The van der Waals surface area contributed by atoms with Gasteiger partial charge in [0.2, 0.25) is 0 Å². The molecule has 1 atom stereocenters. The lowest BCUT2D eigenvalue weighted by atomic mass is 9.88. The average molecular weight is 406 g/mol. The predicted octanol–water partition coefficient (Wildman–Crippen LogP) is 5.50. The van der Waals surface area contributed by atoms with Crippen LogP contribution in [0.4, 0.5) is 0 Å². The van der Waals surface area contributed by atoms with Crippen molar-refractivity contribution in [2.75, 3.05) is 0 Å². The molecule has 0 aliphatic carbocycles. The third kappa shape index (κ3) is 3.56. The van der Waals surface area contributed by atoms with Crippen molar-refractivity contribution in [1.82, 2.24) is 0 Å². The van der Waals surface area contributed by atoms with Gasteiger partial charge in [-0.3, -0.25) is 4.79 Å². The number of phenolic OH excluding ortho intramolecular Hbond substituents is 2. The van der Waals surface area contributed by atoms with E-state index in [0.717, 1.165) is 11.1 Å². The third-order valence-corrected chi connectivity index (χ3v) is 5.42. The van der Waals surface area contributed by atoms with Crippen LogP contribution in [0.1, 0.15) is 67.3 Å². The molecule has 2 aliphatic heterocycles. The van der Waals surface area contributed by atoms with Crippen molar-refractivity contribution < 1.29 is 24.5 Å². The summed E-state index contributed by atoms with van der Waals surface area (Å²) in [5.41, 5.74) is 2.85. The molecule has 0 unspecified atom stereocenters. The summed E-state index contributed by atoms with van der Waals surface area (Å²) in [5.74, 6) is 0.812. The lowest BCUT2D eigenvalue weighted by Crippen LogP contribution is -2.30. The van der Waals surface area contributed by atoms with Gasteiger partial charge in [-0.2, -0.15) is 0 Å². The summed E-state index contributed by atoms with van der Waals surface area (Å²) in [5, 5.41) is 20.6. The van der Waals surface area contributed by atoms with Gasteiger partial charge in [0.15, 0.2) is 5.78 Å². The Labute approximate surface area is 176 Å². The highest BCUT2D eigenvalue weighted by atomic mass is 16.5. The number of hydrogen-bond acceptors (Lipinski definition) is 5. The van der Waals surface area contributed by atoms with E-state index in [4.69, 9.17) is 9.47 Å². The molecule has 30 heavy (non-hydrogen) atoms. The lowest BCUT2D eigenvalue weighted by Gasteiger charge is -2.34. The van der Waals surface area contributed by atoms with Gasteiger partial charge >= 0.3 is 0 Å². The van der Waals surface area contributed by atoms with E-state index in [1.807, 2.05) is 45.9 Å². The summed E-state index contributed by atoms with van der Waals surface area (Å²) in [6.45, 7) is 7.87. The molecular weight excluding hydrogens is 380 g/mol. The molecule has 5 nitrogen and oxygen atoms in total. The number of aromatic hydroxyl groups is 2. The van der Waals surface area contributed by atoms with Crippen LogP contribution < -0.4 is 9.47 Å². The average Bonchev–Trinajstić information content (AvgIpc) is 2.66. The Bertz CT molecular complexity index is 1070. The molecule has 4 rings (SSSR count). The highest BCUT2D eigenvalue weighted by Crippen LogP contribution is 2.51. The smallest absolute Gasteiger partial charge is 0.174 e. The number of rotatable bonds is 3. The maximum atomic E-state index is 13.1. The lowest BCUT2D eigenvalue weighted by molar-refractivity contribution is 0.0840. The Balaban J connectivity index is 1.87. The molecule has 0 aromatic heterocycles. The van der Waals surface area contributed by atoms with Crippen LogP contribution in [0, 0.1) is 0 Å². The number of allylic oxidation sites excluding steroid dienone is 2. The van der Waals surface area contributed by atoms with Crippen LogP contribution in [0.3, 0.4) is 0 Å². The Kier molecular flexibility index (Phi) is 4.85. The summed E-state index contributed by atoms with van der Waals surface area (Å²) >= 11 is 0. The zero-order chi connectivity index (χ0) is 21.6. The topological polar surface area (TPSA) is 76.0 Å². The highest BCUT2D eigenvalue weighted by molar-refractivity contribution is 6.05. The van der Waals surface area contributed by atoms with Crippen LogP contribution in [0.15, 0.2) is 42.0 Å². The Morgan fingerprint density at radius 1 is 1.17 bits per heavy atom. The van der Waals surface area contributed by atoms with Crippen molar-refractivity contribution in [3.63, 3.8) is 0 Å². The summed E-state index contributed by atoms with van der Waals surface area (Å²) in [6.07, 6.45) is 5.92. The predicted molar refractivity (Wildman–Crippen MR) is 115 cm³/mol. The number of hydrogen-bond donors (Lipinski definition) is 2. The molecule has 0 bridgehead atoms. The first-order valence-electron chi connectivity index (χ1n) is 10.1. The maximum Gasteiger partial charge on any atom is 0.174 e. The summed E-state index contributed by atoms with van der Waals surface area (Å²) in [7, 11) is 0. The van der Waals surface area contributed by atoms with Crippen molar-refractivity contribution in [2.45, 2.75) is 52.2 Å². The first-order chi connectivity index (χ1) is 14.2. The van der Waals surface area contributed by atoms with Gasteiger partial charge in [-0.1, -0.05) is 23.8 Å². The fourth-order valence-corrected chi connectivity index (χ4v) is 3.82. The van der Waals surface area contributed by atoms with E-state index in [-0.39, 0.29) is 29.3 Å². The van der Waals surface area contributed by atoms with Crippen LogP contribution in [-0.2, 0) is 6.42 Å². The van der Waals surface area contributed by atoms with Gasteiger partial charge in [-0.25, -0.2) is 0 Å². The Hall–Kier alpha value is -3.21.